The number of hydrogen-bond acceptors (Lipinski definition) is 7. The van der Waals surface area contributed by atoms with Gasteiger partial charge in [0.2, 0.25) is 0 Å². The van der Waals surface area contributed by atoms with Crippen LogP contribution in [0.1, 0.15) is 42.1 Å². The van der Waals surface area contributed by atoms with Crippen LogP contribution >= 0.6 is 0 Å². The molecule has 1 atom stereocenters. The Balaban J connectivity index is 1.92. The SMILES string of the molecule is CCOCOc1cc(C=O)ccc1-c1nnc(N[C@@H]2CCCN(C)C2)cc1C(F)F. The number of halogens is 2. The van der Waals surface area contributed by atoms with Gasteiger partial charge in [-0.3, -0.25) is 4.79 Å². The van der Waals surface area contributed by atoms with E-state index < -0.39 is 6.43 Å². The first-order valence-electron chi connectivity index (χ1n) is 9.92. The molecule has 0 unspecified atom stereocenters. The van der Waals surface area contributed by atoms with Gasteiger partial charge in [-0.05, 0) is 51.6 Å². The molecule has 1 aromatic heterocycles. The summed E-state index contributed by atoms with van der Waals surface area (Å²) in [5.41, 5.74) is 0.445. The Morgan fingerprint density at radius 1 is 1.33 bits per heavy atom. The number of likely N-dealkylation sites (N-methyl/N-ethyl adjacent to an activating group) is 1. The molecule has 1 fully saturated rings. The molecule has 0 aliphatic carbocycles. The molecule has 1 aromatic carbocycles. The standard InChI is InChI=1S/C21H26F2N4O3/c1-3-29-13-30-18-9-14(12-28)6-7-16(18)20-17(21(22)23)10-19(25-26-20)24-15-5-4-8-27(2)11-15/h6-7,9-10,12,15,21H,3-5,8,11,13H2,1-2H3,(H,24,25)/t15-/m1/s1. The highest BCUT2D eigenvalue weighted by Gasteiger charge is 2.23. The van der Waals surface area contributed by atoms with E-state index in [1.165, 1.54) is 24.3 Å². The Bertz CT molecular complexity index is 866. The number of alkyl halides is 2. The maximum Gasteiger partial charge on any atom is 0.266 e. The largest absolute Gasteiger partial charge is 0.467 e. The van der Waals surface area contributed by atoms with Gasteiger partial charge in [-0.1, -0.05) is 6.07 Å². The summed E-state index contributed by atoms with van der Waals surface area (Å²) >= 11 is 0. The van der Waals surface area contributed by atoms with Crippen molar-refractivity contribution in [3.8, 4) is 17.0 Å². The van der Waals surface area contributed by atoms with E-state index in [0.717, 1.165) is 25.9 Å². The van der Waals surface area contributed by atoms with Gasteiger partial charge in [0, 0.05) is 35.9 Å². The monoisotopic (exact) mass is 420 g/mol. The fraction of sp³-hybridized carbons (Fsp3) is 0.476. The van der Waals surface area contributed by atoms with Crippen LogP contribution in [0.4, 0.5) is 14.6 Å². The van der Waals surface area contributed by atoms with E-state index in [4.69, 9.17) is 9.47 Å². The Labute approximate surface area is 174 Å². The number of piperidine rings is 1. The zero-order valence-electron chi connectivity index (χ0n) is 17.1. The Morgan fingerprint density at radius 3 is 2.87 bits per heavy atom. The zero-order chi connectivity index (χ0) is 21.5. The van der Waals surface area contributed by atoms with Gasteiger partial charge < -0.3 is 19.7 Å². The molecule has 162 valence electrons. The summed E-state index contributed by atoms with van der Waals surface area (Å²) in [6.07, 6.45) is -0.119. The molecule has 1 saturated heterocycles. The van der Waals surface area contributed by atoms with E-state index in [-0.39, 0.29) is 29.8 Å². The zero-order valence-corrected chi connectivity index (χ0v) is 17.1. The molecule has 9 heteroatoms. The number of aldehydes is 1. The normalized spacial score (nSPS) is 17.2. The van der Waals surface area contributed by atoms with Crippen LogP contribution in [0.2, 0.25) is 0 Å². The lowest BCUT2D eigenvalue weighted by atomic mass is 10.0. The molecule has 0 spiro atoms. The number of carbonyl (C=O) groups is 1. The third kappa shape index (κ3) is 5.48. The molecule has 1 aliphatic heterocycles. The molecule has 3 rings (SSSR count). The third-order valence-corrected chi connectivity index (χ3v) is 4.93. The van der Waals surface area contributed by atoms with Crippen LogP contribution in [0, 0.1) is 0 Å². The number of benzene rings is 1. The van der Waals surface area contributed by atoms with Crippen LogP contribution in [0.15, 0.2) is 24.3 Å². The highest BCUT2D eigenvalue weighted by Crippen LogP contribution is 2.36. The summed E-state index contributed by atoms with van der Waals surface area (Å²) in [5, 5.41) is 11.4. The van der Waals surface area contributed by atoms with Gasteiger partial charge in [-0.2, -0.15) is 0 Å². The van der Waals surface area contributed by atoms with Crippen molar-refractivity contribution in [1.82, 2.24) is 15.1 Å². The molecule has 7 nitrogen and oxygen atoms in total. The number of rotatable bonds is 9. The maximum atomic E-state index is 13.9. The van der Waals surface area contributed by atoms with Crippen LogP contribution in [0.5, 0.6) is 5.75 Å². The summed E-state index contributed by atoms with van der Waals surface area (Å²) in [6, 6.07) is 6.00. The van der Waals surface area contributed by atoms with Gasteiger partial charge in [-0.25, -0.2) is 8.78 Å². The molecule has 30 heavy (non-hydrogen) atoms. The smallest absolute Gasteiger partial charge is 0.266 e. The number of carbonyl (C=O) groups excluding carboxylic acids is 1. The van der Waals surface area contributed by atoms with Crippen molar-refractivity contribution in [2.24, 2.45) is 0 Å². The first-order chi connectivity index (χ1) is 14.5. The molecule has 0 saturated carbocycles. The topological polar surface area (TPSA) is 76.6 Å². The summed E-state index contributed by atoms with van der Waals surface area (Å²) in [4.78, 5) is 13.3. The maximum absolute atomic E-state index is 13.9. The van der Waals surface area contributed by atoms with Crippen LogP contribution in [-0.4, -0.2) is 61.0 Å². The van der Waals surface area contributed by atoms with Crippen molar-refractivity contribution in [2.45, 2.75) is 32.2 Å². The van der Waals surface area contributed by atoms with Gasteiger partial charge in [0.05, 0.1) is 0 Å². The van der Waals surface area contributed by atoms with Crippen LogP contribution < -0.4 is 10.1 Å². The predicted octanol–water partition coefficient (Wildman–Crippen LogP) is 3.77. The van der Waals surface area contributed by atoms with E-state index >= 15 is 0 Å². The molecule has 1 N–H and O–H groups in total. The molecular weight excluding hydrogens is 394 g/mol. The van der Waals surface area contributed by atoms with Crippen LogP contribution in [-0.2, 0) is 4.74 Å². The molecule has 2 heterocycles. The first kappa shape index (κ1) is 22.0. The predicted molar refractivity (Wildman–Crippen MR) is 109 cm³/mol. The second-order valence-corrected chi connectivity index (χ2v) is 7.21. The van der Waals surface area contributed by atoms with Crippen molar-refractivity contribution in [3.63, 3.8) is 0 Å². The van der Waals surface area contributed by atoms with Crippen molar-refractivity contribution in [2.75, 3.05) is 38.9 Å². The van der Waals surface area contributed by atoms with Gasteiger partial charge in [-0.15, -0.1) is 10.2 Å². The van der Waals surface area contributed by atoms with Gasteiger partial charge in [0.15, 0.2) is 6.79 Å². The average Bonchev–Trinajstić information content (AvgIpc) is 2.74. The molecule has 0 amide bonds. The quantitative estimate of drug-likeness (QED) is 0.376. The minimum Gasteiger partial charge on any atom is -0.467 e. The second kappa shape index (κ2) is 10.4. The van der Waals surface area contributed by atoms with Gasteiger partial charge in [0.25, 0.3) is 6.43 Å². The van der Waals surface area contributed by atoms with E-state index in [9.17, 15) is 13.6 Å². The van der Waals surface area contributed by atoms with Crippen molar-refractivity contribution in [3.05, 3.63) is 35.4 Å². The highest BCUT2D eigenvalue weighted by molar-refractivity contribution is 5.80. The third-order valence-electron chi connectivity index (χ3n) is 4.93. The summed E-state index contributed by atoms with van der Waals surface area (Å²) in [7, 11) is 2.03. The fourth-order valence-electron chi connectivity index (χ4n) is 3.46. The molecule has 0 radical (unpaired) electrons. The molecule has 2 aromatic rings. The van der Waals surface area contributed by atoms with Crippen molar-refractivity contribution in [1.29, 1.82) is 0 Å². The second-order valence-electron chi connectivity index (χ2n) is 7.21. The lowest BCUT2D eigenvalue weighted by molar-refractivity contribution is 0.0227. The number of likely N-dealkylation sites (tertiary alicyclic amines) is 1. The average molecular weight is 420 g/mol. The Kier molecular flexibility index (Phi) is 7.64. The number of nitrogens with one attached hydrogen (secondary N) is 1. The Hall–Kier alpha value is -2.65. The number of anilines is 1. The van der Waals surface area contributed by atoms with Gasteiger partial charge in [0.1, 0.15) is 23.5 Å². The molecular formula is C21H26F2N4O3. The number of nitrogens with zero attached hydrogens (tertiary/aromatic N) is 3. The van der Waals surface area contributed by atoms with Crippen molar-refractivity contribution < 1.29 is 23.0 Å². The molecule has 1 aliphatic rings. The minimum atomic E-state index is -2.75. The number of hydrogen-bond donors (Lipinski definition) is 1. The van der Waals surface area contributed by atoms with E-state index in [0.29, 0.717) is 29.8 Å². The number of ether oxygens (including phenoxy) is 2. The minimum absolute atomic E-state index is 0.0141. The van der Waals surface area contributed by atoms with Crippen LogP contribution in [0.25, 0.3) is 11.3 Å². The van der Waals surface area contributed by atoms with E-state index in [1.54, 1.807) is 0 Å². The van der Waals surface area contributed by atoms with E-state index in [2.05, 4.69) is 20.4 Å². The lowest BCUT2D eigenvalue weighted by Gasteiger charge is -2.30. The van der Waals surface area contributed by atoms with Gasteiger partial charge >= 0.3 is 0 Å². The Morgan fingerprint density at radius 2 is 2.17 bits per heavy atom. The summed E-state index contributed by atoms with van der Waals surface area (Å²) in [5.74, 6) is 0.550. The lowest BCUT2D eigenvalue weighted by Crippen LogP contribution is -2.40. The van der Waals surface area contributed by atoms with E-state index in [1.807, 2.05) is 14.0 Å². The molecule has 0 bridgehead atoms. The highest BCUT2D eigenvalue weighted by atomic mass is 19.3. The van der Waals surface area contributed by atoms with Crippen molar-refractivity contribution >= 4 is 12.1 Å². The number of aromatic nitrogens is 2. The summed E-state index contributed by atoms with van der Waals surface area (Å²) in [6.45, 7) is 4.00. The van der Waals surface area contributed by atoms with Crippen LogP contribution in [0.3, 0.4) is 0 Å². The summed E-state index contributed by atoms with van der Waals surface area (Å²) < 4.78 is 38.5. The fourth-order valence-corrected chi connectivity index (χ4v) is 3.46. The first-order valence-corrected chi connectivity index (χ1v) is 9.92.